The normalized spacial score (nSPS) is 14.6. The fourth-order valence-corrected chi connectivity index (χ4v) is 6.23. The van der Waals surface area contributed by atoms with Gasteiger partial charge in [-0.2, -0.15) is 9.40 Å². The lowest BCUT2D eigenvalue weighted by Crippen LogP contribution is -2.39. The number of rotatable bonds is 13. The zero-order valence-electron chi connectivity index (χ0n) is 23.6. The summed E-state index contributed by atoms with van der Waals surface area (Å²) in [5.74, 6) is -1.42. The molecule has 0 saturated carbocycles. The molecule has 0 atom stereocenters. The zero-order valence-corrected chi connectivity index (χ0v) is 24.4. The minimum absolute atomic E-state index is 0.00782. The monoisotopic (exact) mass is 577 g/mol. The Morgan fingerprint density at radius 2 is 1.82 bits per heavy atom. The fourth-order valence-electron chi connectivity index (χ4n) is 4.73. The van der Waals surface area contributed by atoms with Gasteiger partial charge in [0.25, 0.3) is 11.8 Å². The Labute approximate surface area is 235 Å². The van der Waals surface area contributed by atoms with Gasteiger partial charge in [-0.3, -0.25) is 19.1 Å². The molecular weight excluding hydrogens is 538 g/mol. The van der Waals surface area contributed by atoms with E-state index in [1.165, 1.54) is 27.2 Å². The summed E-state index contributed by atoms with van der Waals surface area (Å²) in [6.45, 7) is 6.73. The Kier molecular flexibility index (Phi) is 10.7. The van der Waals surface area contributed by atoms with E-state index in [9.17, 15) is 22.8 Å². The third kappa shape index (κ3) is 7.19. The highest BCUT2D eigenvalue weighted by atomic mass is 32.2. The number of aromatic nitrogens is 2. The predicted molar refractivity (Wildman–Crippen MR) is 149 cm³/mol. The van der Waals surface area contributed by atoms with Crippen LogP contribution in [0.1, 0.15) is 79.4 Å². The molecule has 0 aliphatic carbocycles. The first-order chi connectivity index (χ1) is 19.0. The maximum atomic E-state index is 13.6. The van der Waals surface area contributed by atoms with Gasteiger partial charge in [0.15, 0.2) is 0 Å². The van der Waals surface area contributed by atoms with Gasteiger partial charge < -0.3 is 20.5 Å². The molecule has 1 saturated heterocycles. The van der Waals surface area contributed by atoms with Crippen LogP contribution < -0.4 is 15.8 Å². The molecule has 0 spiro atoms. The van der Waals surface area contributed by atoms with Crippen LogP contribution in [0.3, 0.4) is 0 Å². The van der Waals surface area contributed by atoms with Gasteiger partial charge in [0.2, 0.25) is 10.0 Å². The van der Waals surface area contributed by atoms with E-state index in [2.05, 4.69) is 10.4 Å². The maximum absolute atomic E-state index is 13.6. The Hall–Kier alpha value is -3.45. The Morgan fingerprint density at radius 3 is 2.42 bits per heavy atom. The second-order valence-electron chi connectivity index (χ2n) is 9.73. The van der Waals surface area contributed by atoms with Crippen LogP contribution in [0.2, 0.25) is 0 Å². The van der Waals surface area contributed by atoms with Gasteiger partial charge in [0, 0.05) is 26.6 Å². The van der Waals surface area contributed by atoms with E-state index in [-0.39, 0.29) is 59.0 Å². The van der Waals surface area contributed by atoms with E-state index < -0.39 is 21.8 Å². The van der Waals surface area contributed by atoms with Gasteiger partial charge in [-0.05, 0) is 56.7 Å². The topological polar surface area (TPSA) is 163 Å². The first-order valence-electron chi connectivity index (χ1n) is 13.6. The van der Waals surface area contributed by atoms with Crippen LogP contribution in [0.5, 0.6) is 5.75 Å². The van der Waals surface area contributed by atoms with Crippen LogP contribution in [0.25, 0.3) is 0 Å². The number of anilines is 1. The summed E-state index contributed by atoms with van der Waals surface area (Å²) in [6.07, 6.45) is 3.21. The minimum Gasteiger partial charge on any atom is -0.493 e. The molecule has 12 nitrogen and oxygen atoms in total. The summed E-state index contributed by atoms with van der Waals surface area (Å²) >= 11 is 0. The first-order valence-corrected chi connectivity index (χ1v) is 15.1. The van der Waals surface area contributed by atoms with Gasteiger partial charge in [-0.25, -0.2) is 8.42 Å². The number of nitrogens with one attached hydrogen (secondary N) is 1. The van der Waals surface area contributed by atoms with Crippen LogP contribution in [0.4, 0.5) is 5.69 Å². The lowest BCUT2D eigenvalue weighted by Gasteiger charge is -2.31. The average molecular weight is 578 g/mol. The molecule has 0 unspecified atom stereocenters. The highest BCUT2D eigenvalue weighted by molar-refractivity contribution is 7.89. The number of carbonyl (C=O) groups excluding carboxylic acids is 3. The Balaban J connectivity index is 1.90. The van der Waals surface area contributed by atoms with Crippen molar-refractivity contribution in [1.82, 2.24) is 14.1 Å². The standard InChI is InChI=1S/C27H39N5O7S/c1-5-8-21-24(25(26(28)34)31(4)30-21)29-27(35)20-17-19(9-10-22(20)39-15-6-2)40(36,37)32-13-11-18(12-14-32)16-23(33)38-7-3/h9-10,17-18H,5-8,11-16H2,1-4H3,(H2,28,34)(H,29,35). The third-order valence-corrected chi connectivity index (χ3v) is 8.60. The van der Waals surface area contributed by atoms with Crippen molar-refractivity contribution in [2.75, 3.05) is 31.6 Å². The lowest BCUT2D eigenvalue weighted by molar-refractivity contribution is -0.144. The summed E-state index contributed by atoms with van der Waals surface area (Å²) in [5.41, 5.74) is 6.31. The van der Waals surface area contributed by atoms with Crippen LogP contribution in [0.15, 0.2) is 23.1 Å². The van der Waals surface area contributed by atoms with Crippen molar-refractivity contribution in [3.8, 4) is 5.75 Å². The van der Waals surface area contributed by atoms with E-state index in [1.807, 2.05) is 13.8 Å². The molecule has 0 bridgehead atoms. The van der Waals surface area contributed by atoms with E-state index in [0.29, 0.717) is 51.0 Å². The van der Waals surface area contributed by atoms with Crippen molar-refractivity contribution < 1.29 is 32.3 Å². The molecule has 1 aliphatic rings. The Morgan fingerprint density at radius 1 is 1.12 bits per heavy atom. The van der Waals surface area contributed by atoms with Crippen molar-refractivity contribution >= 4 is 33.5 Å². The third-order valence-electron chi connectivity index (χ3n) is 6.71. The number of nitrogens with zero attached hydrogens (tertiary/aromatic N) is 3. The van der Waals surface area contributed by atoms with Crippen molar-refractivity contribution in [2.45, 2.75) is 64.2 Å². The molecule has 0 radical (unpaired) electrons. The number of esters is 1. The number of sulfonamides is 1. The molecule has 40 heavy (non-hydrogen) atoms. The van der Waals surface area contributed by atoms with Crippen molar-refractivity contribution in [2.24, 2.45) is 18.7 Å². The second kappa shape index (κ2) is 13.8. The van der Waals surface area contributed by atoms with Crippen LogP contribution in [-0.4, -0.2) is 66.6 Å². The summed E-state index contributed by atoms with van der Waals surface area (Å²) in [5, 5.41) is 7.07. The first kappa shape index (κ1) is 31.1. The van der Waals surface area contributed by atoms with E-state index in [4.69, 9.17) is 15.2 Å². The SMILES string of the molecule is CCCOc1ccc(S(=O)(=O)N2CCC(CC(=O)OCC)CC2)cc1C(=O)Nc1c(CCC)nn(C)c1C(N)=O. The number of aryl methyl sites for hydroxylation is 2. The molecule has 1 aliphatic heterocycles. The molecule has 2 aromatic rings. The van der Waals surface area contributed by atoms with Crippen LogP contribution >= 0.6 is 0 Å². The van der Waals surface area contributed by atoms with Crippen LogP contribution in [0, 0.1) is 5.92 Å². The molecule has 3 rings (SSSR count). The highest BCUT2D eigenvalue weighted by Gasteiger charge is 2.32. The number of primary amides is 1. The van der Waals surface area contributed by atoms with E-state index in [0.717, 1.165) is 0 Å². The highest BCUT2D eigenvalue weighted by Crippen LogP contribution is 2.30. The number of benzene rings is 1. The van der Waals surface area contributed by atoms with Gasteiger partial charge in [0.05, 0.1) is 35.1 Å². The average Bonchev–Trinajstić information content (AvgIpc) is 3.22. The van der Waals surface area contributed by atoms with Crippen molar-refractivity contribution in [1.29, 1.82) is 0 Å². The number of hydrogen-bond acceptors (Lipinski definition) is 8. The van der Waals surface area contributed by atoms with Crippen molar-refractivity contribution in [3.63, 3.8) is 0 Å². The van der Waals surface area contributed by atoms with Gasteiger partial charge in [-0.1, -0.05) is 20.3 Å². The van der Waals surface area contributed by atoms with Crippen molar-refractivity contribution in [3.05, 3.63) is 35.2 Å². The molecule has 13 heteroatoms. The van der Waals surface area contributed by atoms with E-state index >= 15 is 0 Å². The van der Waals surface area contributed by atoms with Gasteiger partial charge in [0.1, 0.15) is 11.4 Å². The lowest BCUT2D eigenvalue weighted by atomic mass is 9.95. The summed E-state index contributed by atoms with van der Waals surface area (Å²) in [7, 11) is -2.37. The molecule has 2 heterocycles. The number of nitrogens with two attached hydrogens (primary N) is 1. The predicted octanol–water partition coefficient (Wildman–Crippen LogP) is 2.87. The Bertz CT molecular complexity index is 1330. The number of carbonyl (C=O) groups is 3. The van der Waals surface area contributed by atoms with Gasteiger partial charge in [-0.15, -0.1) is 0 Å². The number of ether oxygens (including phenoxy) is 2. The summed E-state index contributed by atoms with van der Waals surface area (Å²) in [4.78, 5) is 37.5. The molecule has 1 aromatic carbocycles. The second-order valence-corrected chi connectivity index (χ2v) is 11.7. The minimum atomic E-state index is -3.93. The molecule has 1 aromatic heterocycles. The van der Waals surface area contributed by atoms with Crippen LogP contribution in [-0.2, 0) is 33.0 Å². The fraction of sp³-hybridized carbons (Fsp3) is 0.556. The smallest absolute Gasteiger partial charge is 0.306 e. The summed E-state index contributed by atoms with van der Waals surface area (Å²) in [6, 6.07) is 4.18. The molecule has 1 fully saturated rings. The maximum Gasteiger partial charge on any atom is 0.306 e. The molecule has 2 amide bonds. The zero-order chi connectivity index (χ0) is 29.4. The largest absolute Gasteiger partial charge is 0.493 e. The quantitative estimate of drug-likeness (QED) is 0.343. The van der Waals surface area contributed by atoms with Gasteiger partial charge >= 0.3 is 5.97 Å². The van der Waals surface area contributed by atoms with E-state index in [1.54, 1.807) is 14.0 Å². The molecular formula is C27H39N5O7S. The summed E-state index contributed by atoms with van der Waals surface area (Å²) < 4.78 is 40.6. The molecule has 3 N–H and O–H groups in total. The molecule has 220 valence electrons. The number of hydrogen-bond donors (Lipinski definition) is 2. The number of piperidine rings is 1. The number of amides is 2.